The predicted molar refractivity (Wildman–Crippen MR) is 50.3 cm³/mol. The number of halogens is 4. The molecule has 0 aliphatic rings. The SMILES string of the molecule is COC(=O)C(N)c1cc(F)cc(C(F)(F)F)c1. The third-order valence-electron chi connectivity index (χ3n) is 2.06. The number of hydrogen-bond acceptors (Lipinski definition) is 3. The van der Waals surface area contributed by atoms with Crippen LogP contribution in [-0.4, -0.2) is 13.1 Å². The van der Waals surface area contributed by atoms with Crippen molar-refractivity contribution >= 4 is 5.97 Å². The Morgan fingerprint density at radius 1 is 1.35 bits per heavy atom. The van der Waals surface area contributed by atoms with Gasteiger partial charge in [0, 0.05) is 0 Å². The molecule has 0 saturated heterocycles. The maximum absolute atomic E-state index is 13.0. The number of hydrogen-bond donors (Lipinski definition) is 1. The summed E-state index contributed by atoms with van der Waals surface area (Å²) in [7, 11) is 1.03. The van der Waals surface area contributed by atoms with Crippen molar-refractivity contribution < 1.29 is 27.1 Å². The maximum atomic E-state index is 13.0. The Kier molecular flexibility index (Phi) is 3.72. The quantitative estimate of drug-likeness (QED) is 0.646. The first kappa shape index (κ1) is 13.4. The van der Waals surface area contributed by atoms with Gasteiger partial charge in [-0.15, -0.1) is 0 Å². The molecule has 0 amide bonds. The largest absolute Gasteiger partial charge is 0.468 e. The molecule has 0 radical (unpaired) electrons. The number of alkyl halides is 3. The summed E-state index contributed by atoms with van der Waals surface area (Å²) < 4.78 is 54.4. The van der Waals surface area contributed by atoms with E-state index >= 15 is 0 Å². The Bertz CT molecular complexity index is 431. The minimum atomic E-state index is -4.70. The molecule has 0 fully saturated rings. The lowest BCUT2D eigenvalue weighted by Gasteiger charge is -2.13. The minimum Gasteiger partial charge on any atom is -0.468 e. The van der Waals surface area contributed by atoms with Gasteiger partial charge in [-0.2, -0.15) is 13.2 Å². The van der Waals surface area contributed by atoms with E-state index in [1.807, 2.05) is 0 Å². The summed E-state index contributed by atoms with van der Waals surface area (Å²) in [5.74, 6) is -2.06. The second-order valence-corrected chi connectivity index (χ2v) is 3.27. The van der Waals surface area contributed by atoms with Crippen LogP contribution in [0.4, 0.5) is 17.6 Å². The molecule has 1 rings (SSSR count). The van der Waals surface area contributed by atoms with Gasteiger partial charge < -0.3 is 10.5 Å². The van der Waals surface area contributed by atoms with Gasteiger partial charge in [-0.05, 0) is 23.8 Å². The van der Waals surface area contributed by atoms with Crippen LogP contribution in [0.15, 0.2) is 18.2 Å². The highest BCUT2D eigenvalue weighted by atomic mass is 19.4. The summed E-state index contributed by atoms with van der Waals surface area (Å²) in [5, 5.41) is 0. The minimum absolute atomic E-state index is 0.288. The Labute approximate surface area is 94.2 Å². The van der Waals surface area contributed by atoms with Crippen molar-refractivity contribution in [1.29, 1.82) is 0 Å². The topological polar surface area (TPSA) is 52.3 Å². The van der Waals surface area contributed by atoms with Crippen LogP contribution in [0.1, 0.15) is 17.2 Å². The van der Waals surface area contributed by atoms with Gasteiger partial charge in [-0.3, -0.25) is 4.79 Å². The number of methoxy groups -OCH3 is 1. The number of rotatable bonds is 2. The normalized spacial score (nSPS) is 13.3. The predicted octanol–water partition coefficient (Wildman–Crippen LogP) is 2.02. The Morgan fingerprint density at radius 2 is 1.94 bits per heavy atom. The molecular weight excluding hydrogens is 242 g/mol. The standard InChI is InChI=1S/C10H9F4NO2/c1-17-9(16)8(15)5-2-6(10(12,13)14)4-7(11)3-5/h2-4,8H,15H2,1H3. The molecule has 17 heavy (non-hydrogen) atoms. The zero-order valence-corrected chi connectivity index (χ0v) is 8.72. The highest BCUT2D eigenvalue weighted by Crippen LogP contribution is 2.31. The van der Waals surface area contributed by atoms with Crippen LogP contribution < -0.4 is 5.73 Å². The van der Waals surface area contributed by atoms with E-state index in [4.69, 9.17) is 5.73 Å². The van der Waals surface area contributed by atoms with E-state index in [9.17, 15) is 22.4 Å². The van der Waals surface area contributed by atoms with Crippen LogP contribution in [-0.2, 0) is 15.7 Å². The van der Waals surface area contributed by atoms with Gasteiger partial charge in [0.15, 0.2) is 0 Å². The van der Waals surface area contributed by atoms with E-state index in [1.165, 1.54) is 0 Å². The van der Waals surface area contributed by atoms with Crippen molar-refractivity contribution in [3.8, 4) is 0 Å². The van der Waals surface area contributed by atoms with Gasteiger partial charge in [-0.1, -0.05) is 0 Å². The van der Waals surface area contributed by atoms with Gasteiger partial charge in [0.1, 0.15) is 11.9 Å². The molecule has 1 aromatic rings. The molecule has 94 valence electrons. The van der Waals surface area contributed by atoms with E-state index < -0.39 is 29.6 Å². The molecule has 0 heterocycles. The molecule has 0 aliphatic carbocycles. The molecule has 1 unspecified atom stereocenters. The summed E-state index contributed by atoms with van der Waals surface area (Å²) in [6.45, 7) is 0. The van der Waals surface area contributed by atoms with Crippen LogP contribution in [0.5, 0.6) is 0 Å². The number of nitrogens with two attached hydrogens (primary N) is 1. The molecule has 0 saturated carbocycles. The summed E-state index contributed by atoms with van der Waals surface area (Å²) in [5.41, 5.74) is 3.83. The second-order valence-electron chi connectivity index (χ2n) is 3.27. The molecule has 3 nitrogen and oxygen atoms in total. The molecule has 0 spiro atoms. The molecule has 0 aromatic heterocycles. The third-order valence-corrected chi connectivity index (χ3v) is 2.06. The molecule has 7 heteroatoms. The summed E-state index contributed by atoms with van der Waals surface area (Å²) in [4.78, 5) is 11.0. The van der Waals surface area contributed by atoms with E-state index in [1.54, 1.807) is 0 Å². The van der Waals surface area contributed by atoms with Crippen molar-refractivity contribution in [1.82, 2.24) is 0 Å². The van der Waals surface area contributed by atoms with Crippen LogP contribution in [0, 0.1) is 5.82 Å². The maximum Gasteiger partial charge on any atom is 0.416 e. The Hall–Kier alpha value is -1.63. The van der Waals surface area contributed by atoms with Crippen molar-refractivity contribution in [2.45, 2.75) is 12.2 Å². The van der Waals surface area contributed by atoms with Crippen molar-refractivity contribution in [3.63, 3.8) is 0 Å². The first-order valence-electron chi connectivity index (χ1n) is 4.47. The molecular formula is C10H9F4NO2. The van der Waals surface area contributed by atoms with Crippen molar-refractivity contribution in [3.05, 3.63) is 35.1 Å². The molecule has 0 bridgehead atoms. The smallest absolute Gasteiger partial charge is 0.416 e. The van der Waals surface area contributed by atoms with Crippen molar-refractivity contribution in [2.75, 3.05) is 7.11 Å². The van der Waals surface area contributed by atoms with E-state index in [0.717, 1.165) is 13.2 Å². The molecule has 1 aromatic carbocycles. The van der Waals surface area contributed by atoms with E-state index in [-0.39, 0.29) is 5.56 Å². The van der Waals surface area contributed by atoms with Crippen LogP contribution >= 0.6 is 0 Å². The van der Waals surface area contributed by atoms with Gasteiger partial charge in [-0.25, -0.2) is 4.39 Å². The zero-order valence-electron chi connectivity index (χ0n) is 8.72. The number of esters is 1. The third kappa shape index (κ3) is 3.16. The summed E-state index contributed by atoms with van der Waals surface area (Å²) in [6.07, 6.45) is -4.70. The fourth-order valence-electron chi connectivity index (χ4n) is 1.22. The molecule has 0 aliphatic heterocycles. The lowest BCUT2D eigenvalue weighted by Crippen LogP contribution is -2.23. The highest BCUT2D eigenvalue weighted by molar-refractivity contribution is 5.77. The Balaban J connectivity index is 3.18. The second kappa shape index (κ2) is 4.70. The van der Waals surface area contributed by atoms with Gasteiger partial charge in [0.25, 0.3) is 0 Å². The lowest BCUT2D eigenvalue weighted by molar-refractivity contribution is -0.143. The zero-order chi connectivity index (χ0) is 13.2. The number of ether oxygens (including phenoxy) is 1. The monoisotopic (exact) mass is 251 g/mol. The fourth-order valence-corrected chi connectivity index (χ4v) is 1.22. The first-order chi connectivity index (χ1) is 7.75. The van der Waals surface area contributed by atoms with Crippen LogP contribution in [0.25, 0.3) is 0 Å². The number of carbonyl (C=O) groups is 1. The summed E-state index contributed by atoms with van der Waals surface area (Å²) in [6, 6.07) is 0.256. The molecule has 2 N–H and O–H groups in total. The average Bonchev–Trinajstić information content (AvgIpc) is 2.25. The van der Waals surface area contributed by atoms with Crippen molar-refractivity contribution in [2.24, 2.45) is 5.73 Å². The van der Waals surface area contributed by atoms with E-state index in [2.05, 4.69) is 4.74 Å². The van der Waals surface area contributed by atoms with E-state index in [0.29, 0.717) is 12.1 Å². The highest BCUT2D eigenvalue weighted by Gasteiger charge is 2.32. The van der Waals surface area contributed by atoms with Crippen LogP contribution in [0.2, 0.25) is 0 Å². The number of carbonyl (C=O) groups excluding carboxylic acids is 1. The average molecular weight is 251 g/mol. The number of benzene rings is 1. The Morgan fingerprint density at radius 3 is 2.41 bits per heavy atom. The van der Waals surface area contributed by atoms with Gasteiger partial charge in [0.2, 0.25) is 0 Å². The van der Waals surface area contributed by atoms with Gasteiger partial charge >= 0.3 is 12.1 Å². The fraction of sp³-hybridized carbons (Fsp3) is 0.300. The lowest BCUT2D eigenvalue weighted by atomic mass is 10.0. The summed E-state index contributed by atoms with van der Waals surface area (Å²) >= 11 is 0. The molecule has 1 atom stereocenters. The van der Waals surface area contributed by atoms with Gasteiger partial charge in [0.05, 0.1) is 12.7 Å². The van der Waals surface area contributed by atoms with Crippen LogP contribution in [0.3, 0.4) is 0 Å². The first-order valence-corrected chi connectivity index (χ1v) is 4.47.